The molecule has 1 saturated heterocycles. The van der Waals surface area contributed by atoms with Crippen LogP contribution in [0.3, 0.4) is 0 Å². The number of hydrogen-bond donors (Lipinski definition) is 1. The van der Waals surface area contributed by atoms with Gasteiger partial charge in [0, 0.05) is 13.0 Å². The molecule has 0 spiro atoms. The molecule has 3 rings (SSSR count). The summed E-state index contributed by atoms with van der Waals surface area (Å²) in [6, 6.07) is 1.52. The van der Waals surface area contributed by atoms with E-state index in [1.165, 1.54) is 0 Å². The van der Waals surface area contributed by atoms with Crippen LogP contribution in [0, 0.1) is 0 Å². The van der Waals surface area contributed by atoms with Gasteiger partial charge in [0.2, 0.25) is 0 Å². The minimum Gasteiger partial charge on any atom is -0.480 e. The molecule has 0 bridgehead atoms. The summed E-state index contributed by atoms with van der Waals surface area (Å²) in [7, 11) is 0. The van der Waals surface area contributed by atoms with Gasteiger partial charge in [-0.3, -0.25) is 0 Å². The second-order valence-electron chi connectivity index (χ2n) is 4.65. The maximum atomic E-state index is 11.3. The summed E-state index contributed by atoms with van der Waals surface area (Å²) >= 11 is 1.57. The molecule has 100 valence electrons. The van der Waals surface area contributed by atoms with Gasteiger partial charge in [-0.25, -0.2) is 14.8 Å². The summed E-state index contributed by atoms with van der Waals surface area (Å²) in [6.07, 6.45) is 2.34. The number of thiophene rings is 1. The van der Waals surface area contributed by atoms with Gasteiger partial charge in [-0.2, -0.15) is 0 Å². The summed E-state index contributed by atoms with van der Waals surface area (Å²) < 4.78 is 0. The number of anilines is 1. The van der Waals surface area contributed by atoms with Crippen molar-refractivity contribution < 1.29 is 9.90 Å². The zero-order chi connectivity index (χ0) is 13.4. The highest BCUT2D eigenvalue weighted by atomic mass is 32.1. The van der Waals surface area contributed by atoms with E-state index in [0.29, 0.717) is 6.42 Å². The highest BCUT2D eigenvalue weighted by molar-refractivity contribution is 7.16. The first-order valence-electron chi connectivity index (χ1n) is 6.44. The van der Waals surface area contributed by atoms with Gasteiger partial charge in [-0.15, -0.1) is 11.3 Å². The molecule has 2 aromatic heterocycles. The van der Waals surface area contributed by atoms with Gasteiger partial charge >= 0.3 is 5.97 Å². The molecule has 0 aliphatic carbocycles. The Morgan fingerprint density at radius 2 is 2.42 bits per heavy atom. The van der Waals surface area contributed by atoms with Gasteiger partial charge in [0.15, 0.2) is 0 Å². The largest absolute Gasteiger partial charge is 0.480 e. The van der Waals surface area contributed by atoms with Gasteiger partial charge < -0.3 is 10.0 Å². The van der Waals surface area contributed by atoms with Crippen molar-refractivity contribution in [2.75, 3.05) is 11.4 Å². The average Bonchev–Trinajstić information content (AvgIpc) is 3.05. The van der Waals surface area contributed by atoms with Crippen LogP contribution < -0.4 is 4.90 Å². The van der Waals surface area contributed by atoms with E-state index in [9.17, 15) is 9.90 Å². The Hall–Kier alpha value is -1.69. The first-order chi connectivity index (χ1) is 9.20. The van der Waals surface area contributed by atoms with Crippen molar-refractivity contribution in [3.63, 3.8) is 0 Å². The predicted molar refractivity (Wildman–Crippen MR) is 74.8 cm³/mol. The summed E-state index contributed by atoms with van der Waals surface area (Å²) in [6.45, 7) is 2.76. The Bertz CT molecular complexity index is 625. The monoisotopic (exact) mass is 277 g/mol. The molecule has 0 unspecified atom stereocenters. The highest BCUT2D eigenvalue weighted by Gasteiger charge is 2.32. The van der Waals surface area contributed by atoms with Crippen molar-refractivity contribution in [1.29, 1.82) is 0 Å². The lowest BCUT2D eigenvalue weighted by molar-refractivity contribution is -0.138. The van der Waals surface area contributed by atoms with Crippen LogP contribution in [-0.4, -0.2) is 33.6 Å². The summed E-state index contributed by atoms with van der Waals surface area (Å²) in [5.74, 6) is 0.798. The lowest BCUT2D eigenvalue weighted by atomic mass is 10.2. The van der Waals surface area contributed by atoms with E-state index in [4.69, 9.17) is 0 Å². The zero-order valence-corrected chi connectivity index (χ0v) is 11.5. The Morgan fingerprint density at radius 3 is 3.16 bits per heavy atom. The number of aliphatic carboxylic acids is 1. The van der Waals surface area contributed by atoms with E-state index in [2.05, 4.69) is 9.97 Å². The average molecular weight is 277 g/mol. The molecule has 1 atom stereocenters. The van der Waals surface area contributed by atoms with E-state index in [-0.39, 0.29) is 0 Å². The number of carboxylic acids is 1. The number of carboxylic acid groups (broad SMARTS) is 1. The van der Waals surface area contributed by atoms with E-state index in [0.717, 1.165) is 41.2 Å². The molecule has 19 heavy (non-hydrogen) atoms. The number of carbonyl (C=O) groups is 1. The molecule has 0 amide bonds. The maximum absolute atomic E-state index is 11.3. The third-order valence-electron chi connectivity index (χ3n) is 3.48. The predicted octanol–water partition coefficient (Wildman–Crippen LogP) is 2.31. The molecular formula is C13H15N3O2S. The number of aromatic nitrogens is 2. The van der Waals surface area contributed by atoms with E-state index in [1.807, 2.05) is 23.3 Å². The van der Waals surface area contributed by atoms with Crippen LogP contribution in [-0.2, 0) is 11.2 Å². The van der Waals surface area contributed by atoms with Crippen molar-refractivity contribution in [1.82, 2.24) is 9.97 Å². The van der Waals surface area contributed by atoms with Gasteiger partial charge in [-0.05, 0) is 24.3 Å². The van der Waals surface area contributed by atoms with Crippen LogP contribution in [0.1, 0.15) is 25.6 Å². The minimum absolute atomic E-state index is 0.456. The van der Waals surface area contributed by atoms with Crippen LogP contribution >= 0.6 is 11.3 Å². The lowest BCUT2D eigenvalue weighted by Crippen LogP contribution is -2.36. The molecular weight excluding hydrogens is 262 g/mol. The summed E-state index contributed by atoms with van der Waals surface area (Å²) in [5.41, 5.74) is 0. The molecule has 2 aromatic rings. The number of hydrogen-bond acceptors (Lipinski definition) is 5. The fraction of sp³-hybridized carbons (Fsp3) is 0.462. The lowest BCUT2D eigenvalue weighted by Gasteiger charge is -2.23. The van der Waals surface area contributed by atoms with Crippen LogP contribution in [0.5, 0.6) is 0 Å². The fourth-order valence-corrected chi connectivity index (χ4v) is 3.31. The van der Waals surface area contributed by atoms with Crippen molar-refractivity contribution >= 4 is 33.3 Å². The molecule has 1 aliphatic rings. The second kappa shape index (κ2) is 4.77. The second-order valence-corrected chi connectivity index (χ2v) is 5.54. The number of nitrogens with zero attached hydrogens (tertiary/aromatic N) is 3. The third kappa shape index (κ3) is 2.06. The van der Waals surface area contributed by atoms with E-state index in [1.54, 1.807) is 11.3 Å². The number of rotatable bonds is 3. The highest BCUT2D eigenvalue weighted by Crippen LogP contribution is 2.32. The molecule has 0 aromatic carbocycles. The summed E-state index contributed by atoms with van der Waals surface area (Å²) in [4.78, 5) is 23.2. The van der Waals surface area contributed by atoms with Crippen LogP contribution in [0.2, 0.25) is 0 Å². The van der Waals surface area contributed by atoms with Gasteiger partial charge in [0.05, 0.1) is 5.39 Å². The first kappa shape index (κ1) is 12.3. The molecule has 3 heterocycles. The Kier molecular flexibility index (Phi) is 3.10. The molecule has 1 fully saturated rings. The Morgan fingerprint density at radius 1 is 1.58 bits per heavy atom. The molecule has 0 saturated carbocycles. The zero-order valence-electron chi connectivity index (χ0n) is 10.7. The minimum atomic E-state index is -0.766. The van der Waals surface area contributed by atoms with Crippen LogP contribution in [0.25, 0.3) is 10.2 Å². The quantitative estimate of drug-likeness (QED) is 0.932. The van der Waals surface area contributed by atoms with Crippen molar-refractivity contribution in [2.24, 2.45) is 0 Å². The third-order valence-corrected chi connectivity index (χ3v) is 4.28. The Labute approximate surface area is 114 Å². The SMILES string of the molecule is CCc1nc(N2CCC[C@H]2C(=O)O)c2ccsc2n1. The van der Waals surface area contributed by atoms with Gasteiger partial charge in [0.1, 0.15) is 22.5 Å². The number of aryl methyl sites for hydroxylation is 1. The van der Waals surface area contributed by atoms with E-state index < -0.39 is 12.0 Å². The van der Waals surface area contributed by atoms with Gasteiger partial charge in [-0.1, -0.05) is 6.92 Å². The first-order valence-corrected chi connectivity index (χ1v) is 7.32. The van der Waals surface area contributed by atoms with Crippen molar-refractivity contribution in [2.45, 2.75) is 32.2 Å². The smallest absolute Gasteiger partial charge is 0.326 e. The van der Waals surface area contributed by atoms with Crippen molar-refractivity contribution in [3.05, 3.63) is 17.3 Å². The molecule has 1 aliphatic heterocycles. The van der Waals surface area contributed by atoms with Crippen LogP contribution in [0.15, 0.2) is 11.4 Å². The molecule has 0 radical (unpaired) electrons. The Balaban J connectivity index is 2.12. The molecule has 6 heteroatoms. The normalized spacial score (nSPS) is 19.2. The molecule has 1 N–H and O–H groups in total. The van der Waals surface area contributed by atoms with Gasteiger partial charge in [0.25, 0.3) is 0 Å². The number of fused-ring (bicyclic) bond motifs is 1. The van der Waals surface area contributed by atoms with E-state index >= 15 is 0 Å². The topological polar surface area (TPSA) is 66.3 Å². The van der Waals surface area contributed by atoms with Crippen molar-refractivity contribution in [3.8, 4) is 0 Å². The summed E-state index contributed by atoms with van der Waals surface area (Å²) in [5, 5.41) is 12.3. The van der Waals surface area contributed by atoms with Crippen LogP contribution in [0.4, 0.5) is 5.82 Å². The molecule has 5 nitrogen and oxygen atoms in total. The maximum Gasteiger partial charge on any atom is 0.326 e. The fourth-order valence-electron chi connectivity index (χ4n) is 2.54. The standard InChI is InChI=1S/C13H15N3O2S/c1-2-10-14-11(8-5-7-19-12(8)15-10)16-6-3-4-9(16)13(17)18/h5,7,9H,2-4,6H2,1H3,(H,17,18)/t9-/m0/s1.